The molecule has 3 nitrogen and oxygen atoms in total. The van der Waals surface area contributed by atoms with Crippen LogP contribution in [0, 0.1) is 5.92 Å². The molecule has 4 heteroatoms. The lowest BCUT2D eigenvalue weighted by Gasteiger charge is -2.00. The first-order valence-corrected chi connectivity index (χ1v) is 7.10. The van der Waals surface area contributed by atoms with Gasteiger partial charge < -0.3 is 0 Å². The number of carbonyl (C=O) groups is 1. The second-order valence-electron chi connectivity index (χ2n) is 3.93. The zero-order valence-electron chi connectivity index (χ0n) is 8.66. The summed E-state index contributed by atoms with van der Waals surface area (Å²) in [4.78, 5) is 11.2. The van der Waals surface area contributed by atoms with Crippen molar-refractivity contribution in [2.24, 2.45) is 5.92 Å². The van der Waals surface area contributed by atoms with Crippen molar-refractivity contribution >= 4 is 15.6 Å². The fourth-order valence-electron chi connectivity index (χ4n) is 1.37. The molecule has 0 spiro atoms. The lowest BCUT2D eigenvalue weighted by atomic mass is 10.1. The van der Waals surface area contributed by atoms with Gasteiger partial charge in [-0.05, 0) is 25.7 Å². The van der Waals surface area contributed by atoms with E-state index in [1.165, 1.54) is 0 Å². The summed E-state index contributed by atoms with van der Waals surface area (Å²) in [5.74, 6) is 1.10. The van der Waals surface area contributed by atoms with E-state index in [9.17, 15) is 13.2 Å². The topological polar surface area (TPSA) is 51.2 Å². The minimum Gasteiger partial charge on any atom is -0.299 e. The third-order valence-electron chi connectivity index (χ3n) is 2.60. The maximum Gasteiger partial charge on any atom is 0.150 e. The molecule has 0 bridgehead atoms. The number of carbonyl (C=O) groups excluding carboxylic acids is 1. The van der Waals surface area contributed by atoms with E-state index in [-0.39, 0.29) is 11.5 Å². The summed E-state index contributed by atoms with van der Waals surface area (Å²) in [6, 6.07) is 0. The smallest absolute Gasteiger partial charge is 0.150 e. The number of hydrogen-bond acceptors (Lipinski definition) is 3. The van der Waals surface area contributed by atoms with Crippen LogP contribution in [-0.4, -0.2) is 25.7 Å². The van der Waals surface area contributed by atoms with Gasteiger partial charge in [0.05, 0.1) is 5.75 Å². The molecule has 0 aromatic carbocycles. The number of ketones is 1. The molecule has 14 heavy (non-hydrogen) atoms. The molecule has 0 aromatic rings. The van der Waals surface area contributed by atoms with E-state index in [1.807, 2.05) is 0 Å². The molecule has 1 saturated carbocycles. The third-order valence-corrected chi connectivity index (χ3v) is 4.39. The van der Waals surface area contributed by atoms with Crippen LogP contribution in [0.25, 0.3) is 0 Å². The van der Waals surface area contributed by atoms with Crippen molar-refractivity contribution in [2.45, 2.75) is 39.0 Å². The molecule has 0 saturated heterocycles. The van der Waals surface area contributed by atoms with E-state index >= 15 is 0 Å². The highest BCUT2D eigenvalue weighted by atomic mass is 32.2. The quantitative estimate of drug-likeness (QED) is 0.609. The van der Waals surface area contributed by atoms with Gasteiger partial charge in [-0.2, -0.15) is 0 Å². The largest absolute Gasteiger partial charge is 0.299 e. The molecular weight excluding hydrogens is 200 g/mol. The highest BCUT2D eigenvalue weighted by molar-refractivity contribution is 7.91. The van der Waals surface area contributed by atoms with E-state index in [0.29, 0.717) is 24.5 Å². The van der Waals surface area contributed by atoms with E-state index in [2.05, 4.69) is 0 Å². The van der Waals surface area contributed by atoms with Crippen molar-refractivity contribution in [1.82, 2.24) is 0 Å². The molecule has 0 unspecified atom stereocenters. The molecule has 0 radical (unpaired) electrons. The highest BCUT2D eigenvalue weighted by Crippen LogP contribution is 2.31. The number of unbranched alkanes of at least 4 members (excludes halogenated alkanes) is 1. The Kier molecular flexibility index (Phi) is 4.11. The first-order chi connectivity index (χ1) is 6.55. The van der Waals surface area contributed by atoms with Gasteiger partial charge in [0.15, 0.2) is 0 Å². The predicted octanol–water partition coefficient (Wildman–Crippen LogP) is 1.57. The average molecular weight is 218 g/mol. The molecule has 82 valence electrons. The second-order valence-corrected chi connectivity index (χ2v) is 6.41. The first kappa shape index (κ1) is 11.7. The highest BCUT2D eigenvalue weighted by Gasteiger charge is 2.28. The standard InChI is InChI=1S/C10H18O3S/c1-2-14(12,13)8-4-3-5-10(11)9-6-7-9/h9H,2-8H2,1H3. The Bertz CT molecular complexity index is 288. The first-order valence-electron chi connectivity index (χ1n) is 5.28. The average Bonchev–Trinajstić information content (AvgIpc) is 2.95. The maximum atomic E-state index is 11.2. The van der Waals surface area contributed by atoms with Crippen LogP contribution in [0.2, 0.25) is 0 Å². The van der Waals surface area contributed by atoms with Crippen LogP contribution in [0.5, 0.6) is 0 Å². The third kappa shape index (κ3) is 4.22. The lowest BCUT2D eigenvalue weighted by molar-refractivity contribution is -0.120. The zero-order chi connectivity index (χ0) is 10.6. The minimum absolute atomic E-state index is 0.212. The molecule has 0 aliphatic heterocycles. The van der Waals surface area contributed by atoms with Crippen molar-refractivity contribution in [3.8, 4) is 0 Å². The van der Waals surface area contributed by atoms with Crippen molar-refractivity contribution in [1.29, 1.82) is 0 Å². The van der Waals surface area contributed by atoms with Crippen LogP contribution in [0.1, 0.15) is 39.0 Å². The van der Waals surface area contributed by atoms with Gasteiger partial charge in [0.2, 0.25) is 0 Å². The summed E-state index contributed by atoms with van der Waals surface area (Å²) in [7, 11) is -2.83. The van der Waals surface area contributed by atoms with Gasteiger partial charge in [-0.25, -0.2) is 8.42 Å². The summed E-state index contributed by atoms with van der Waals surface area (Å²) in [6.45, 7) is 1.66. The number of hydrogen-bond donors (Lipinski definition) is 0. The number of rotatable bonds is 7. The molecule has 1 aliphatic carbocycles. The monoisotopic (exact) mass is 218 g/mol. The van der Waals surface area contributed by atoms with E-state index in [0.717, 1.165) is 19.3 Å². The van der Waals surface area contributed by atoms with Gasteiger partial charge in [0.25, 0.3) is 0 Å². The molecule has 0 atom stereocenters. The van der Waals surface area contributed by atoms with E-state index in [4.69, 9.17) is 0 Å². The molecule has 0 amide bonds. The lowest BCUT2D eigenvalue weighted by Crippen LogP contribution is -2.09. The number of Topliss-reactive ketones (excluding diaryl/α,β-unsaturated/α-hetero) is 1. The minimum atomic E-state index is -2.83. The Morgan fingerprint density at radius 3 is 2.43 bits per heavy atom. The predicted molar refractivity (Wildman–Crippen MR) is 55.9 cm³/mol. The van der Waals surface area contributed by atoms with Crippen LogP contribution in [0.3, 0.4) is 0 Å². The fraction of sp³-hybridized carbons (Fsp3) is 0.900. The second kappa shape index (κ2) is 4.91. The summed E-state index contributed by atoms with van der Waals surface area (Å²) in [6.07, 6.45) is 4.03. The van der Waals surface area contributed by atoms with Gasteiger partial charge in [-0.15, -0.1) is 0 Å². The molecule has 0 N–H and O–H groups in total. The maximum absolute atomic E-state index is 11.2. The Morgan fingerprint density at radius 1 is 1.29 bits per heavy atom. The van der Waals surface area contributed by atoms with Crippen LogP contribution in [-0.2, 0) is 14.6 Å². The molecule has 1 fully saturated rings. The van der Waals surface area contributed by atoms with Gasteiger partial charge in [0, 0.05) is 18.1 Å². The summed E-state index contributed by atoms with van der Waals surface area (Å²) in [5, 5.41) is 0. The molecule has 1 aliphatic rings. The van der Waals surface area contributed by atoms with Gasteiger partial charge >= 0.3 is 0 Å². The Morgan fingerprint density at radius 2 is 1.93 bits per heavy atom. The summed E-state index contributed by atoms with van der Waals surface area (Å²) < 4.78 is 22.2. The van der Waals surface area contributed by atoms with E-state index in [1.54, 1.807) is 6.92 Å². The normalized spacial score (nSPS) is 16.9. The fourth-order valence-corrected chi connectivity index (χ4v) is 2.31. The molecule has 0 aromatic heterocycles. The van der Waals surface area contributed by atoms with E-state index < -0.39 is 9.84 Å². The summed E-state index contributed by atoms with van der Waals surface area (Å²) >= 11 is 0. The molecule has 1 rings (SSSR count). The van der Waals surface area contributed by atoms with Crippen LogP contribution in [0.4, 0.5) is 0 Å². The van der Waals surface area contributed by atoms with Crippen LogP contribution in [0.15, 0.2) is 0 Å². The Hall–Kier alpha value is -0.380. The van der Waals surface area contributed by atoms with Crippen molar-refractivity contribution in [2.75, 3.05) is 11.5 Å². The number of sulfone groups is 1. The summed E-state index contributed by atoms with van der Waals surface area (Å²) in [5.41, 5.74) is 0. The SMILES string of the molecule is CCS(=O)(=O)CCCCC(=O)C1CC1. The van der Waals surface area contributed by atoms with Crippen LogP contribution < -0.4 is 0 Å². The molecular formula is C10H18O3S. The van der Waals surface area contributed by atoms with Gasteiger partial charge in [-0.1, -0.05) is 6.92 Å². The Labute approximate surface area is 85.8 Å². The van der Waals surface area contributed by atoms with Crippen LogP contribution >= 0.6 is 0 Å². The molecule has 0 heterocycles. The van der Waals surface area contributed by atoms with Crippen molar-refractivity contribution in [3.05, 3.63) is 0 Å². The zero-order valence-corrected chi connectivity index (χ0v) is 9.48. The van der Waals surface area contributed by atoms with Gasteiger partial charge in [-0.3, -0.25) is 4.79 Å². The van der Waals surface area contributed by atoms with Crippen molar-refractivity contribution in [3.63, 3.8) is 0 Å². The van der Waals surface area contributed by atoms with Crippen molar-refractivity contribution < 1.29 is 13.2 Å². The Balaban J connectivity index is 2.07. The van der Waals surface area contributed by atoms with Gasteiger partial charge in [0.1, 0.15) is 15.6 Å².